The first-order valence-electron chi connectivity index (χ1n) is 9.71. The molecule has 1 unspecified atom stereocenters. The quantitative estimate of drug-likeness (QED) is 0.868. The van der Waals surface area contributed by atoms with E-state index in [0.717, 1.165) is 36.5 Å². The summed E-state index contributed by atoms with van der Waals surface area (Å²) < 4.78 is 6.34. The predicted molar refractivity (Wildman–Crippen MR) is 113 cm³/mol. The Labute approximate surface area is 162 Å². The van der Waals surface area contributed by atoms with Gasteiger partial charge in [-0.3, -0.25) is 4.99 Å². The second-order valence-electron chi connectivity index (χ2n) is 8.58. The highest BCUT2D eigenvalue weighted by Gasteiger charge is 2.40. The van der Waals surface area contributed by atoms with Crippen molar-refractivity contribution in [3.8, 4) is 5.75 Å². The van der Waals surface area contributed by atoms with Gasteiger partial charge in [-0.2, -0.15) is 0 Å². The molecule has 4 rings (SSSR count). The van der Waals surface area contributed by atoms with Crippen LogP contribution in [0.2, 0.25) is 0 Å². The molecule has 4 nitrogen and oxygen atoms in total. The largest absolute Gasteiger partial charge is 0.485 e. The minimum absolute atomic E-state index is 0.166. The third kappa shape index (κ3) is 3.12. The highest BCUT2D eigenvalue weighted by Crippen LogP contribution is 2.46. The first kappa shape index (κ1) is 18.1. The fraction of sp³-hybridized carbons (Fsp3) is 0.435. The van der Waals surface area contributed by atoms with Crippen LogP contribution in [-0.2, 0) is 12.8 Å². The zero-order valence-electron chi connectivity index (χ0n) is 16.9. The van der Waals surface area contributed by atoms with Crippen LogP contribution in [0, 0.1) is 0 Å². The van der Waals surface area contributed by atoms with Gasteiger partial charge in [-0.1, -0.05) is 30.3 Å². The maximum atomic E-state index is 6.34. The van der Waals surface area contributed by atoms with E-state index >= 15 is 0 Å². The smallest absolute Gasteiger partial charge is 0.147 e. The van der Waals surface area contributed by atoms with Crippen LogP contribution in [0.25, 0.3) is 0 Å². The lowest BCUT2D eigenvalue weighted by Gasteiger charge is -2.34. The number of likely N-dealkylation sites (N-methyl/N-ethyl adjacent to an activating group) is 1. The lowest BCUT2D eigenvalue weighted by Crippen LogP contribution is -2.41. The second-order valence-corrected chi connectivity index (χ2v) is 8.58. The van der Waals surface area contributed by atoms with Crippen LogP contribution in [0.3, 0.4) is 0 Å². The van der Waals surface area contributed by atoms with Gasteiger partial charge in [-0.15, -0.1) is 0 Å². The van der Waals surface area contributed by atoms with Gasteiger partial charge >= 0.3 is 0 Å². The van der Waals surface area contributed by atoms with Gasteiger partial charge in [0, 0.05) is 36.7 Å². The molecule has 142 valence electrons. The summed E-state index contributed by atoms with van der Waals surface area (Å²) in [6.45, 7) is 7.40. The molecule has 0 saturated heterocycles. The number of hydrogen-bond donors (Lipinski definition) is 2. The molecule has 2 aromatic carbocycles. The number of aliphatic imine (C=N–C) groups is 1. The summed E-state index contributed by atoms with van der Waals surface area (Å²) in [6, 6.07) is 12.8. The number of ether oxygens (including phenoxy) is 1. The average Bonchev–Trinajstić information content (AvgIpc) is 2.95. The molecule has 2 aliphatic heterocycles. The fourth-order valence-corrected chi connectivity index (χ4v) is 4.49. The number of benzene rings is 2. The summed E-state index contributed by atoms with van der Waals surface area (Å²) in [7, 11) is 3.97. The van der Waals surface area contributed by atoms with Gasteiger partial charge in [-0.05, 0) is 45.9 Å². The lowest BCUT2D eigenvalue weighted by molar-refractivity contribution is 0.139. The standard InChI is InChI=1S/C23H29N3O/c1-22(2)13-17-19-16(11-18(25-5)21(17)27-22)12-23(3,14-24-4)26-20(19)15-9-7-6-8-10-15/h6-11,24-25H,12-14H2,1-5H3. The SMILES string of the molecule is CNCC1(C)Cc2cc(NC)c3c(c2C(c2ccccc2)=N1)CC(C)(C)O3. The van der Waals surface area contributed by atoms with Crippen molar-refractivity contribution in [1.29, 1.82) is 0 Å². The van der Waals surface area contributed by atoms with Crippen LogP contribution in [0.5, 0.6) is 5.75 Å². The van der Waals surface area contributed by atoms with E-state index in [1.165, 1.54) is 22.3 Å². The van der Waals surface area contributed by atoms with Crippen molar-refractivity contribution in [2.75, 3.05) is 26.0 Å². The summed E-state index contributed by atoms with van der Waals surface area (Å²) >= 11 is 0. The lowest BCUT2D eigenvalue weighted by atomic mass is 9.80. The third-order valence-corrected chi connectivity index (χ3v) is 5.51. The molecule has 0 amide bonds. The molecule has 0 fully saturated rings. The Morgan fingerprint density at radius 1 is 1.07 bits per heavy atom. The topological polar surface area (TPSA) is 45.7 Å². The van der Waals surface area contributed by atoms with Crippen LogP contribution < -0.4 is 15.4 Å². The molecule has 2 aliphatic rings. The minimum Gasteiger partial charge on any atom is -0.485 e. The van der Waals surface area contributed by atoms with E-state index in [1.807, 2.05) is 14.1 Å². The van der Waals surface area contributed by atoms with Crippen LogP contribution >= 0.6 is 0 Å². The Morgan fingerprint density at radius 3 is 2.48 bits per heavy atom. The van der Waals surface area contributed by atoms with Gasteiger partial charge in [0.15, 0.2) is 0 Å². The maximum absolute atomic E-state index is 6.34. The fourth-order valence-electron chi connectivity index (χ4n) is 4.49. The Balaban J connectivity index is 1.97. The molecular formula is C23H29N3O. The number of rotatable bonds is 4. The van der Waals surface area contributed by atoms with Crippen molar-refractivity contribution in [2.24, 2.45) is 4.99 Å². The van der Waals surface area contributed by atoms with Crippen molar-refractivity contribution < 1.29 is 4.74 Å². The van der Waals surface area contributed by atoms with E-state index < -0.39 is 0 Å². The predicted octanol–water partition coefficient (Wildman–Crippen LogP) is 3.81. The van der Waals surface area contributed by atoms with E-state index in [-0.39, 0.29) is 11.1 Å². The zero-order valence-corrected chi connectivity index (χ0v) is 16.9. The highest BCUT2D eigenvalue weighted by atomic mass is 16.5. The van der Waals surface area contributed by atoms with Crippen molar-refractivity contribution in [3.05, 3.63) is 58.7 Å². The summed E-state index contributed by atoms with van der Waals surface area (Å²) in [4.78, 5) is 5.27. The summed E-state index contributed by atoms with van der Waals surface area (Å²) in [5.41, 5.74) is 6.89. The third-order valence-electron chi connectivity index (χ3n) is 5.51. The van der Waals surface area contributed by atoms with E-state index in [2.05, 4.69) is 67.8 Å². The highest BCUT2D eigenvalue weighted by molar-refractivity contribution is 6.16. The van der Waals surface area contributed by atoms with Crippen molar-refractivity contribution in [1.82, 2.24) is 5.32 Å². The summed E-state index contributed by atoms with van der Waals surface area (Å²) in [5.74, 6) is 0.988. The minimum atomic E-state index is -0.198. The Kier molecular flexibility index (Phi) is 4.26. The number of hydrogen-bond acceptors (Lipinski definition) is 4. The molecule has 0 aliphatic carbocycles. The van der Waals surface area contributed by atoms with Crippen molar-refractivity contribution in [3.63, 3.8) is 0 Å². The molecule has 27 heavy (non-hydrogen) atoms. The first-order valence-corrected chi connectivity index (χ1v) is 9.71. The average molecular weight is 364 g/mol. The molecule has 0 bridgehead atoms. The van der Waals surface area contributed by atoms with Crippen LogP contribution in [-0.4, -0.2) is 37.5 Å². The van der Waals surface area contributed by atoms with Gasteiger partial charge in [0.25, 0.3) is 0 Å². The number of nitrogens with one attached hydrogen (secondary N) is 2. The maximum Gasteiger partial charge on any atom is 0.147 e. The molecular weight excluding hydrogens is 334 g/mol. The second kappa shape index (κ2) is 6.38. The first-order chi connectivity index (χ1) is 12.9. The Bertz CT molecular complexity index is 902. The summed E-state index contributed by atoms with van der Waals surface area (Å²) in [6.07, 6.45) is 1.82. The monoisotopic (exact) mass is 363 g/mol. The van der Waals surface area contributed by atoms with Gasteiger partial charge in [-0.25, -0.2) is 0 Å². The van der Waals surface area contributed by atoms with E-state index in [0.29, 0.717) is 0 Å². The van der Waals surface area contributed by atoms with E-state index in [9.17, 15) is 0 Å². The molecule has 2 N–H and O–H groups in total. The number of anilines is 1. The summed E-state index contributed by atoms with van der Waals surface area (Å²) in [5, 5.41) is 6.68. The van der Waals surface area contributed by atoms with Gasteiger partial charge < -0.3 is 15.4 Å². The Morgan fingerprint density at radius 2 is 1.81 bits per heavy atom. The molecule has 1 atom stereocenters. The molecule has 4 heteroatoms. The van der Waals surface area contributed by atoms with Crippen LogP contribution in [0.1, 0.15) is 43.0 Å². The molecule has 0 radical (unpaired) electrons. The molecule has 0 saturated carbocycles. The molecule has 0 aromatic heterocycles. The van der Waals surface area contributed by atoms with E-state index in [1.54, 1.807) is 0 Å². The Hall–Kier alpha value is -2.33. The van der Waals surface area contributed by atoms with Gasteiger partial charge in [0.2, 0.25) is 0 Å². The molecule has 2 heterocycles. The normalized spacial score (nSPS) is 22.5. The van der Waals surface area contributed by atoms with Crippen molar-refractivity contribution in [2.45, 2.75) is 44.8 Å². The zero-order chi connectivity index (χ0) is 19.2. The molecule has 0 spiro atoms. The number of nitrogens with zero attached hydrogens (tertiary/aromatic N) is 1. The van der Waals surface area contributed by atoms with Crippen LogP contribution in [0.4, 0.5) is 5.69 Å². The van der Waals surface area contributed by atoms with Crippen molar-refractivity contribution >= 4 is 11.4 Å². The van der Waals surface area contributed by atoms with Gasteiger partial charge in [0.05, 0.1) is 16.9 Å². The molecule has 2 aromatic rings. The number of fused-ring (bicyclic) bond motifs is 3. The van der Waals surface area contributed by atoms with Gasteiger partial charge in [0.1, 0.15) is 11.4 Å². The van der Waals surface area contributed by atoms with E-state index in [4.69, 9.17) is 9.73 Å². The van der Waals surface area contributed by atoms with Crippen LogP contribution in [0.15, 0.2) is 41.4 Å².